The highest BCUT2D eigenvalue weighted by atomic mass is 15.1. The Kier molecular flexibility index (Phi) is 3.91. The molecule has 0 aliphatic heterocycles. The van der Waals surface area contributed by atoms with Crippen LogP contribution in [0.4, 0.5) is 0 Å². The van der Waals surface area contributed by atoms with Crippen molar-refractivity contribution in [1.29, 1.82) is 0 Å². The van der Waals surface area contributed by atoms with E-state index in [-0.39, 0.29) is 0 Å². The van der Waals surface area contributed by atoms with Crippen molar-refractivity contribution in [2.24, 2.45) is 0 Å². The van der Waals surface area contributed by atoms with Crippen LogP contribution in [0.2, 0.25) is 0 Å². The van der Waals surface area contributed by atoms with Crippen LogP contribution in [0.1, 0.15) is 0 Å². The topological polar surface area (TPSA) is 35.6 Å². The van der Waals surface area contributed by atoms with Crippen LogP contribution in [0, 0.1) is 0 Å². The second kappa shape index (κ2) is 7.27. The molecule has 0 unspecified atom stereocenters. The zero-order valence-corrected chi connectivity index (χ0v) is 19.3. The highest BCUT2D eigenvalue weighted by Gasteiger charge is 2.22. The Hall–Kier alpha value is -4.96. The molecule has 4 heteroatoms. The smallest absolute Gasteiger partial charge is 0.138 e. The molecule has 168 valence electrons. The first-order valence-corrected chi connectivity index (χ1v) is 12.1. The first-order chi connectivity index (χ1) is 17.9. The molecule has 0 spiro atoms. The molecular weight excluding hydrogens is 440 g/mol. The molecule has 8 rings (SSSR count). The lowest BCUT2D eigenvalue weighted by Crippen LogP contribution is -2.00. The fourth-order valence-corrected chi connectivity index (χ4v) is 5.61. The monoisotopic (exact) mass is 460 g/mol. The van der Waals surface area contributed by atoms with E-state index < -0.39 is 0 Å². The average molecular weight is 461 g/mol. The molecule has 4 aromatic carbocycles. The van der Waals surface area contributed by atoms with E-state index in [1.165, 1.54) is 5.39 Å². The standard InChI is InChI=1S/C32H20N4/c1-2-12-23(13-3-1)35-27-16-8-6-14-24(27)26-20-34-30-25-15-7-9-17-28(25)36(32(30)31(26)35)29-18-21-10-4-5-11-22(21)19-33-29/h1-20H. The molecule has 8 aromatic rings. The molecule has 0 radical (unpaired) electrons. The van der Waals surface area contributed by atoms with Gasteiger partial charge in [-0.25, -0.2) is 4.98 Å². The molecule has 0 bridgehead atoms. The number of fused-ring (bicyclic) bond motifs is 8. The van der Waals surface area contributed by atoms with Crippen molar-refractivity contribution in [3.63, 3.8) is 0 Å². The number of benzene rings is 4. The Balaban J connectivity index is 1.64. The van der Waals surface area contributed by atoms with Gasteiger partial charge in [0.2, 0.25) is 0 Å². The maximum absolute atomic E-state index is 5.04. The van der Waals surface area contributed by atoms with Crippen LogP contribution in [0.25, 0.3) is 66.0 Å². The molecule has 0 atom stereocenters. The Morgan fingerprint density at radius 2 is 1.14 bits per heavy atom. The molecule has 0 aliphatic rings. The zero-order chi connectivity index (χ0) is 23.6. The molecule has 0 saturated carbocycles. The SMILES string of the molecule is c1ccc(-n2c3ccccc3c3cnc4c5ccccc5n(-c5cc6ccccc6cn5)c4c32)cc1. The fourth-order valence-electron chi connectivity index (χ4n) is 5.61. The van der Waals surface area contributed by atoms with Gasteiger partial charge in [-0.05, 0) is 35.7 Å². The summed E-state index contributed by atoms with van der Waals surface area (Å²) in [5, 5.41) is 5.73. The summed E-state index contributed by atoms with van der Waals surface area (Å²) in [6.07, 6.45) is 4.00. The number of para-hydroxylation sites is 3. The predicted molar refractivity (Wildman–Crippen MR) is 148 cm³/mol. The third kappa shape index (κ3) is 2.58. The second-order valence-electron chi connectivity index (χ2n) is 9.15. The van der Waals surface area contributed by atoms with Crippen LogP contribution >= 0.6 is 0 Å². The van der Waals surface area contributed by atoms with E-state index in [2.05, 4.69) is 118 Å². The van der Waals surface area contributed by atoms with Crippen LogP contribution in [-0.4, -0.2) is 19.1 Å². The lowest BCUT2D eigenvalue weighted by molar-refractivity contribution is 1.08. The minimum absolute atomic E-state index is 0.888. The van der Waals surface area contributed by atoms with Crippen molar-refractivity contribution in [3.05, 3.63) is 122 Å². The van der Waals surface area contributed by atoms with Gasteiger partial charge in [0.1, 0.15) is 5.82 Å². The van der Waals surface area contributed by atoms with Crippen LogP contribution in [0.15, 0.2) is 122 Å². The molecular formula is C32H20N4. The van der Waals surface area contributed by atoms with E-state index in [1.54, 1.807) is 0 Å². The Bertz CT molecular complexity index is 2100. The first kappa shape index (κ1) is 19.4. The third-order valence-electron chi connectivity index (χ3n) is 7.17. The molecule has 4 heterocycles. The van der Waals surface area contributed by atoms with E-state index >= 15 is 0 Å². The largest absolute Gasteiger partial charge is 0.307 e. The number of hydrogen-bond acceptors (Lipinski definition) is 2. The van der Waals surface area contributed by atoms with E-state index in [9.17, 15) is 0 Å². The minimum Gasteiger partial charge on any atom is -0.307 e. The van der Waals surface area contributed by atoms with Gasteiger partial charge in [-0.2, -0.15) is 0 Å². The summed E-state index contributed by atoms with van der Waals surface area (Å²) < 4.78 is 4.65. The number of pyridine rings is 2. The van der Waals surface area contributed by atoms with Gasteiger partial charge in [0.05, 0.1) is 27.6 Å². The van der Waals surface area contributed by atoms with E-state index in [1.807, 2.05) is 12.4 Å². The molecule has 0 saturated heterocycles. The van der Waals surface area contributed by atoms with Gasteiger partial charge in [-0.15, -0.1) is 0 Å². The number of hydrogen-bond donors (Lipinski definition) is 0. The van der Waals surface area contributed by atoms with Crippen molar-refractivity contribution < 1.29 is 0 Å². The van der Waals surface area contributed by atoms with Crippen molar-refractivity contribution >= 4 is 54.5 Å². The van der Waals surface area contributed by atoms with E-state index in [0.29, 0.717) is 0 Å². The number of rotatable bonds is 2. The minimum atomic E-state index is 0.888. The summed E-state index contributed by atoms with van der Waals surface area (Å²) in [6.45, 7) is 0. The molecule has 0 amide bonds. The maximum Gasteiger partial charge on any atom is 0.138 e. The molecule has 0 fully saturated rings. The first-order valence-electron chi connectivity index (χ1n) is 12.1. The van der Waals surface area contributed by atoms with E-state index in [0.717, 1.165) is 60.6 Å². The predicted octanol–water partition coefficient (Wildman–Crippen LogP) is 7.82. The lowest BCUT2D eigenvalue weighted by Gasteiger charge is -2.12. The summed E-state index contributed by atoms with van der Waals surface area (Å²) in [5.41, 5.74) is 6.57. The van der Waals surface area contributed by atoms with Gasteiger partial charge >= 0.3 is 0 Å². The number of nitrogens with zero attached hydrogens (tertiary/aromatic N) is 4. The summed E-state index contributed by atoms with van der Waals surface area (Å²) in [4.78, 5) is 9.98. The van der Waals surface area contributed by atoms with Gasteiger partial charge in [-0.1, -0.05) is 78.9 Å². The normalized spacial score (nSPS) is 11.9. The Morgan fingerprint density at radius 3 is 1.97 bits per heavy atom. The summed E-state index contributed by atoms with van der Waals surface area (Å²) in [5.74, 6) is 0.888. The lowest BCUT2D eigenvalue weighted by atomic mass is 10.1. The van der Waals surface area contributed by atoms with Crippen LogP contribution in [-0.2, 0) is 0 Å². The van der Waals surface area contributed by atoms with Gasteiger partial charge in [-0.3, -0.25) is 9.55 Å². The molecule has 0 aliphatic carbocycles. The van der Waals surface area contributed by atoms with Crippen molar-refractivity contribution in [2.75, 3.05) is 0 Å². The fraction of sp³-hybridized carbons (Fsp3) is 0. The van der Waals surface area contributed by atoms with Gasteiger partial charge < -0.3 is 4.57 Å². The summed E-state index contributed by atoms with van der Waals surface area (Å²) in [6, 6.07) is 38.2. The highest BCUT2D eigenvalue weighted by molar-refractivity contribution is 6.22. The summed E-state index contributed by atoms with van der Waals surface area (Å²) in [7, 11) is 0. The van der Waals surface area contributed by atoms with Crippen molar-refractivity contribution in [3.8, 4) is 11.5 Å². The third-order valence-corrected chi connectivity index (χ3v) is 7.17. The van der Waals surface area contributed by atoms with Gasteiger partial charge in [0.25, 0.3) is 0 Å². The second-order valence-corrected chi connectivity index (χ2v) is 9.15. The molecule has 36 heavy (non-hydrogen) atoms. The van der Waals surface area contributed by atoms with Gasteiger partial charge in [0.15, 0.2) is 0 Å². The van der Waals surface area contributed by atoms with Crippen LogP contribution in [0.3, 0.4) is 0 Å². The van der Waals surface area contributed by atoms with Crippen molar-refractivity contribution in [1.82, 2.24) is 19.1 Å². The average Bonchev–Trinajstić information content (AvgIpc) is 3.46. The van der Waals surface area contributed by atoms with Crippen LogP contribution in [0.5, 0.6) is 0 Å². The van der Waals surface area contributed by atoms with E-state index in [4.69, 9.17) is 9.97 Å². The molecule has 0 N–H and O–H groups in total. The molecule has 4 aromatic heterocycles. The Labute approximate surface area is 206 Å². The maximum atomic E-state index is 5.04. The number of aromatic nitrogens is 4. The summed E-state index contributed by atoms with van der Waals surface area (Å²) >= 11 is 0. The molecule has 4 nitrogen and oxygen atoms in total. The Morgan fingerprint density at radius 1 is 0.472 bits per heavy atom. The van der Waals surface area contributed by atoms with Gasteiger partial charge in [0, 0.05) is 39.6 Å². The highest BCUT2D eigenvalue weighted by Crippen LogP contribution is 2.40. The quantitative estimate of drug-likeness (QED) is 0.264. The van der Waals surface area contributed by atoms with Crippen molar-refractivity contribution in [2.45, 2.75) is 0 Å². The zero-order valence-electron chi connectivity index (χ0n) is 19.3. The van der Waals surface area contributed by atoms with Crippen LogP contribution < -0.4 is 0 Å².